The summed E-state index contributed by atoms with van der Waals surface area (Å²) in [5, 5.41) is 7.69. The van der Waals surface area contributed by atoms with Crippen LogP contribution in [0, 0.1) is 0 Å². The van der Waals surface area contributed by atoms with Crippen molar-refractivity contribution < 1.29 is 170 Å². The maximum atomic E-state index is 9.22. The molecule has 6 radical (unpaired) electrons. The summed E-state index contributed by atoms with van der Waals surface area (Å²) in [5.74, 6) is 0. The SMILES string of the molecule is O.OC[Si](O)O.O[SiH2]O[SiH](O)O[SiH3].O[Si]1O[SiH2]O[SiH]2O[Si](O1)O[SiH](O[SiH3])O2.[Y].[Y].[Y]. The molecule has 0 saturated carbocycles. The Labute approximate surface area is 269 Å². The number of aliphatic hydroxyl groups is 1. The Morgan fingerprint density at radius 1 is 1.20 bits per heavy atom. The zero-order valence-corrected chi connectivity index (χ0v) is 37.8. The van der Waals surface area contributed by atoms with Crippen molar-refractivity contribution in [2.24, 2.45) is 0 Å². The monoisotopic (exact) mass is 838 g/mol. The summed E-state index contributed by atoms with van der Waals surface area (Å²) in [6.07, 6.45) is -0.481. The van der Waals surface area contributed by atoms with Crippen LogP contribution in [0.1, 0.15) is 0 Å². The van der Waals surface area contributed by atoms with Gasteiger partial charge >= 0.3 is 56.9 Å². The number of hydrogen-bond donors (Lipinski definition) is 6. The molecule has 2 rings (SSSR count). The van der Waals surface area contributed by atoms with Crippen molar-refractivity contribution in [3.8, 4) is 0 Å². The number of aliphatic hydroxyl groups excluding tert-OH is 1. The largest absolute Gasteiger partial charge is 0.556 e. The predicted octanol–water partition coefficient (Wildman–Crippen LogP) is -12.0. The molecule has 2 fully saturated rings. The second-order valence-corrected chi connectivity index (χ2v) is 19.5. The van der Waals surface area contributed by atoms with E-state index >= 15 is 0 Å². The molecule has 29 heteroatoms. The summed E-state index contributed by atoms with van der Waals surface area (Å²) in [7, 11) is -14.8. The van der Waals surface area contributed by atoms with E-state index in [-0.39, 0.29) is 104 Å². The zero-order valence-electron chi connectivity index (χ0n) is 15.9. The third-order valence-corrected chi connectivity index (χ3v) is 16.4. The minimum absolute atomic E-state index is 0. The average molecular weight is 839 g/mol. The van der Waals surface area contributed by atoms with Crippen molar-refractivity contribution in [3.63, 3.8) is 0 Å². The first-order valence-corrected chi connectivity index (χ1v) is 18.9. The number of fused-ring (bicyclic) bond motifs is 2. The van der Waals surface area contributed by atoms with E-state index in [2.05, 4.69) is 8.23 Å². The molecule has 0 amide bonds. The van der Waals surface area contributed by atoms with Crippen molar-refractivity contribution in [3.05, 3.63) is 0 Å². The van der Waals surface area contributed by atoms with Gasteiger partial charge in [0, 0.05) is 98.1 Å². The molecule has 16 nitrogen and oxygen atoms in total. The van der Waals surface area contributed by atoms with Gasteiger partial charge in [-0.2, -0.15) is 0 Å². The summed E-state index contributed by atoms with van der Waals surface area (Å²) in [6, 6.07) is 0. The van der Waals surface area contributed by atoms with Crippen LogP contribution in [0.5, 0.6) is 0 Å². The number of hydrogen-bond acceptors (Lipinski definition) is 15. The van der Waals surface area contributed by atoms with Crippen LogP contribution in [0.2, 0.25) is 0 Å². The molecule has 0 spiro atoms. The molecule has 172 valence electrons. The molecule has 8 N–H and O–H groups in total. The van der Waals surface area contributed by atoms with Crippen LogP contribution in [0.3, 0.4) is 0 Å². The van der Waals surface area contributed by atoms with Crippen molar-refractivity contribution in [1.82, 2.24) is 0 Å². The fourth-order valence-corrected chi connectivity index (χ4v) is 16.3. The normalized spacial score (nSPS) is 23.3. The smallest absolute Gasteiger partial charge is 0.428 e. The van der Waals surface area contributed by atoms with Crippen molar-refractivity contribution in [1.29, 1.82) is 0 Å². The van der Waals surface area contributed by atoms with Gasteiger partial charge in [0.1, 0.15) is 21.0 Å². The topological polar surface area (TPSA) is 236 Å². The molecule has 0 aliphatic carbocycles. The van der Waals surface area contributed by atoms with Crippen LogP contribution in [-0.2, 0) is 135 Å². The first-order valence-electron chi connectivity index (χ1n) is 6.50. The quantitative estimate of drug-likeness (QED) is 0.141. The summed E-state index contributed by atoms with van der Waals surface area (Å²) in [4.78, 5) is 41.3. The maximum Gasteiger partial charge on any atom is 0.556 e. The molecule has 2 aliphatic rings. The molecule has 3 unspecified atom stereocenters. The molecular weight excluding hydrogens is 816 g/mol. The Hall–Kier alpha value is 4.84. The summed E-state index contributed by atoms with van der Waals surface area (Å²) in [6.45, 7) is 0. The van der Waals surface area contributed by atoms with Crippen LogP contribution < -0.4 is 0 Å². The van der Waals surface area contributed by atoms with Crippen LogP contribution in [0.25, 0.3) is 0 Å². The van der Waals surface area contributed by atoms with Crippen molar-refractivity contribution >= 4 is 97.9 Å². The molecule has 2 saturated heterocycles. The van der Waals surface area contributed by atoms with Gasteiger partial charge in [0.25, 0.3) is 20.0 Å². The minimum atomic E-state index is -2.32. The molecule has 2 bridgehead atoms. The van der Waals surface area contributed by atoms with E-state index < -0.39 is 83.2 Å². The van der Waals surface area contributed by atoms with Crippen LogP contribution in [0.4, 0.5) is 0 Å². The third-order valence-electron chi connectivity index (χ3n) is 1.92. The van der Waals surface area contributed by atoms with E-state index in [1.165, 1.54) is 0 Å². The Bertz CT molecular complexity index is 333. The Morgan fingerprint density at radius 3 is 2.17 bits per heavy atom. The van der Waals surface area contributed by atoms with E-state index in [1.54, 1.807) is 0 Å². The van der Waals surface area contributed by atoms with Gasteiger partial charge in [0.2, 0.25) is 0 Å². The van der Waals surface area contributed by atoms with Gasteiger partial charge in [0.05, 0.1) is 6.23 Å². The fraction of sp³-hybridized carbons (Fsp3) is 1.00. The molecular formula is CH23O16Si10Y3. The van der Waals surface area contributed by atoms with Crippen molar-refractivity contribution in [2.45, 2.75) is 0 Å². The van der Waals surface area contributed by atoms with Gasteiger partial charge in [-0.1, -0.05) is 0 Å². The molecule has 3 atom stereocenters. The molecule has 0 aromatic rings. The minimum Gasteiger partial charge on any atom is -0.428 e. The molecule has 0 aromatic heterocycles. The molecule has 30 heavy (non-hydrogen) atoms. The van der Waals surface area contributed by atoms with E-state index in [1.807, 2.05) is 0 Å². The number of rotatable bonds is 5. The molecule has 2 aliphatic heterocycles. The molecule has 0 aromatic carbocycles. The van der Waals surface area contributed by atoms with Gasteiger partial charge < -0.3 is 71.6 Å². The average Bonchev–Trinajstić information content (AvgIpc) is 2.61. The standard InChI is InChI=1S/CH5O3Si.H8O8Si6.H8O4Si3.H2O.3Y/c2-1-5(3)4;1-11-3-10-4-13-6-12(2-9)7-14(5-11)8-13;1-6-4-7(2)3-5;;;;/h2-4H,1H2;1,12-13H,10H2,9H3;1-2,7H,6H2,5H3;1H2;;;. The van der Waals surface area contributed by atoms with Crippen LogP contribution >= 0.6 is 0 Å². The van der Waals surface area contributed by atoms with E-state index in [0.29, 0.717) is 21.0 Å². The van der Waals surface area contributed by atoms with Gasteiger partial charge in [-0.05, 0) is 0 Å². The zero-order chi connectivity index (χ0) is 19.9. The Morgan fingerprint density at radius 2 is 1.77 bits per heavy atom. The van der Waals surface area contributed by atoms with Gasteiger partial charge in [0.15, 0.2) is 0 Å². The maximum absolute atomic E-state index is 9.22. The summed E-state index contributed by atoms with van der Waals surface area (Å²) in [5.41, 5.74) is 0. The van der Waals surface area contributed by atoms with Gasteiger partial charge in [-0.3, -0.25) is 0 Å². The van der Waals surface area contributed by atoms with Crippen LogP contribution in [0.15, 0.2) is 0 Å². The van der Waals surface area contributed by atoms with E-state index in [0.717, 1.165) is 0 Å². The van der Waals surface area contributed by atoms with E-state index in [4.69, 9.17) is 53.1 Å². The van der Waals surface area contributed by atoms with E-state index in [9.17, 15) is 4.80 Å². The predicted molar refractivity (Wildman–Crippen MR) is 107 cm³/mol. The van der Waals surface area contributed by atoms with Crippen LogP contribution in [-0.4, -0.2) is 139 Å². The third kappa shape index (κ3) is 25.9. The first-order chi connectivity index (χ1) is 12.4. The Kier molecular flexibility index (Phi) is 44.9. The summed E-state index contributed by atoms with van der Waals surface area (Å²) < 4.78 is 45.1. The Balaban J connectivity index is -0.000000113. The fourth-order valence-electron chi connectivity index (χ4n) is 0.929. The summed E-state index contributed by atoms with van der Waals surface area (Å²) >= 11 is 0. The first kappa shape index (κ1) is 44.8. The van der Waals surface area contributed by atoms with Gasteiger partial charge in [-0.15, -0.1) is 0 Å². The second-order valence-electron chi connectivity index (χ2n) is 3.64. The van der Waals surface area contributed by atoms with Crippen molar-refractivity contribution in [2.75, 3.05) is 6.23 Å². The van der Waals surface area contributed by atoms with Gasteiger partial charge in [-0.25, -0.2) is 0 Å². The second kappa shape index (κ2) is 30.1. The molecule has 2 heterocycles.